The number of rotatable bonds is 7. The van der Waals surface area contributed by atoms with Gasteiger partial charge in [0.25, 0.3) is 0 Å². The van der Waals surface area contributed by atoms with E-state index in [1.54, 1.807) is 0 Å². The van der Waals surface area contributed by atoms with E-state index in [1.165, 1.54) is 6.07 Å². The van der Waals surface area contributed by atoms with E-state index in [1.807, 2.05) is 13.8 Å². The standard InChI is InChI=1S/C14H19FN2O3/c1-3-5-6-10(4-2)14(18)16-11-7-8-12(15)13(9-11)17(19)20/h7-10H,3-6H2,1-2H3,(H,16,18)/t10-/m1/s1. The van der Waals surface area contributed by atoms with Gasteiger partial charge in [-0.1, -0.05) is 26.7 Å². The van der Waals surface area contributed by atoms with E-state index in [-0.39, 0.29) is 17.5 Å². The Balaban J connectivity index is 2.79. The Hall–Kier alpha value is -1.98. The Morgan fingerprint density at radius 1 is 1.45 bits per heavy atom. The number of halogens is 1. The topological polar surface area (TPSA) is 72.2 Å². The van der Waals surface area contributed by atoms with Gasteiger partial charge in [-0.2, -0.15) is 4.39 Å². The van der Waals surface area contributed by atoms with Crippen LogP contribution in [-0.2, 0) is 4.79 Å². The van der Waals surface area contributed by atoms with Crippen LogP contribution in [0, 0.1) is 21.8 Å². The van der Waals surface area contributed by atoms with Gasteiger partial charge in [-0.3, -0.25) is 14.9 Å². The third kappa shape index (κ3) is 4.29. The van der Waals surface area contributed by atoms with Crippen molar-refractivity contribution in [2.75, 3.05) is 5.32 Å². The summed E-state index contributed by atoms with van der Waals surface area (Å²) in [5, 5.41) is 13.3. The number of nitrogens with zero attached hydrogens (tertiary/aromatic N) is 1. The van der Waals surface area contributed by atoms with Crippen molar-refractivity contribution in [3.8, 4) is 0 Å². The third-order valence-electron chi connectivity index (χ3n) is 3.18. The van der Waals surface area contributed by atoms with Gasteiger partial charge < -0.3 is 5.32 Å². The molecule has 1 atom stereocenters. The van der Waals surface area contributed by atoms with Gasteiger partial charge in [0.1, 0.15) is 0 Å². The number of carbonyl (C=O) groups is 1. The van der Waals surface area contributed by atoms with Gasteiger partial charge in [0.15, 0.2) is 0 Å². The predicted octanol–water partition coefficient (Wildman–Crippen LogP) is 3.89. The highest BCUT2D eigenvalue weighted by molar-refractivity contribution is 5.92. The molecule has 0 saturated heterocycles. The molecule has 0 radical (unpaired) electrons. The highest BCUT2D eigenvalue weighted by Gasteiger charge is 2.19. The summed E-state index contributed by atoms with van der Waals surface area (Å²) in [6, 6.07) is 3.35. The quantitative estimate of drug-likeness (QED) is 0.609. The van der Waals surface area contributed by atoms with Crippen molar-refractivity contribution >= 4 is 17.3 Å². The smallest absolute Gasteiger partial charge is 0.306 e. The third-order valence-corrected chi connectivity index (χ3v) is 3.18. The van der Waals surface area contributed by atoms with E-state index in [9.17, 15) is 19.3 Å². The van der Waals surface area contributed by atoms with Crippen molar-refractivity contribution < 1.29 is 14.1 Å². The summed E-state index contributed by atoms with van der Waals surface area (Å²) in [5.74, 6) is -1.22. The summed E-state index contributed by atoms with van der Waals surface area (Å²) < 4.78 is 13.2. The van der Waals surface area contributed by atoms with Crippen molar-refractivity contribution in [3.63, 3.8) is 0 Å². The fourth-order valence-corrected chi connectivity index (χ4v) is 1.95. The normalized spacial score (nSPS) is 11.9. The number of nitro groups is 1. The zero-order valence-corrected chi connectivity index (χ0v) is 11.7. The van der Waals surface area contributed by atoms with Crippen LogP contribution in [0.25, 0.3) is 0 Å². The number of hydrogen-bond acceptors (Lipinski definition) is 3. The summed E-state index contributed by atoms with van der Waals surface area (Å²) in [6.07, 6.45) is 3.44. The number of unbranched alkanes of at least 4 members (excludes halogenated alkanes) is 1. The lowest BCUT2D eigenvalue weighted by Crippen LogP contribution is -2.22. The molecular weight excluding hydrogens is 263 g/mol. The molecule has 0 aliphatic carbocycles. The molecule has 0 saturated carbocycles. The van der Waals surface area contributed by atoms with E-state index < -0.39 is 16.4 Å². The van der Waals surface area contributed by atoms with Crippen LogP contribution in [0.1, 0.15) is 39.5 Å². The first-order valence-corrected chi connectivity index (χ1v) is 6.74. The zero-order valence-electron chi connectivity index (χ0n) is 11.7. The van der Waals surface area contributed by atoms with E-state index in [0.29, 0.717) is 6.42 Å². The predicted molar refractivity (Wildman–Crippen MR) is 75.0 cm³/mol. The van der Waals surface area contributed by atoms with Crippen LogP contribution >= 0.6 is 0 Å². The second-order valence-corrected chi connectivity index (χ2v) is 4.66. The number of anilines is 1. The fourth-order valence-electron chi connectivity index (χ4n) is 1.95. The van der Waals surface area contributed by atoms with Crippen molar-refractivity contribution in [1.29, 1.82) is 0 Å². The number of nitro benzene ring substituents is 1. The largest absolute Gasteiger partial charge is 0.326 e. The number of hydrogen-bond donors (Lipinski definition) is 1. The van der Waals surface area contributed by atoms with Crippen LogP contribution < -0.4 is 5.32 Å². The van der Waals surface area contributed by atoms with E-state index in [0.717, 1.165) is 31.4 Å². The van der Waals surface area contributed by atoms with Crippen molar-refractivity contribution in [2.45, 2.75) is 39.5 Å². The number of benzene rings is 1. The molecular formula is C14H19FN2O3. The van der Waals surface area contributed by atoms with Crippen LogP contribution in [0.2, 0.25) is 0 Å². The lowest BCUT2D eigenvalue weighted by atomic mass is 9.98. The average Bonchev–Trinajstić information content (AvgIpc) is 2.41. The maximum absolute atomic E-state index is 13.2. The molecule has 0 spiro atoms. The van der Waals surface area contributed by atoms with Crippen molar-refractivity contribution in [3.05, 3.63) is 34.1 Å². The average molecular weight is 282 g/mol. The summed E-state index contributed by atoms with van der Waals surface area (Å²) in [4.78, 5) is 21.9. The molecule has 20 heavy (non-hydrogen) atoms. The number of amides is 1. The maximum Gasteiger partial charge on any atom is 0.306 e. The molecule has 0 unspecified atom stereocenters. The van der Waals surface area contributed by atoms with Crippen LogP contribution in [-0.4, -0.2) is 10.8 Å². The Bertz CT molecular complexity index is 491. The van der Waals surface area contributed by atoms with Gasteiger partial charge in [-0.25, -0.2) is 0 Å². The van der Waals surface area contributed by atoms with Crippen molar-refractivity contribution in [1.82, 2.24) is 0 Å². The lowest BCUT2D eigenvalue weighted by Gasteiger charge is -2.14. The minimum atomic E-state index is -0.911. The molecule has 1 aromatic carbocycles. The second-order valence-electron chi connectivity index (χ2n) is 4.66. The monoisotopic (exact) mass is 282 g/mol. The molecule has 0 bridgehead atoms. The van der Waals surface area contributed by atoms with E-state index in [4.69, 9.17) is 0 Å². The van der Waals surface area contributed by atoms with Gasteiger partial charge in [-0.15, -0.1) is 0 Å². The fraction of sp³-hybridized carbons (Fsp3) is 0.500. The van der Waals surface area contributed by atoms with Gasteiger partial charge in [0.05, 0.1) is 4.92 Å². The Morgan fingerprint density at radius 2 is 2.15 bits per heavy atom. The minimum absolute atomic E-state index is 0.126. The van der Waals surface area contributed by atoms with Gasteiger partial charge in [-0.05, 0) is 25.0 Å². The van der Waals surface area contributed by atoms with Gasteiger partial charge >= 0.3 is 5.69 Å². The molecule has 1 N–H and O–H groups in total. The molecule has 0 aromatic heterocycles. The summed E-state index contributed by atoms with van der Waals surface area (Å²) in [7, 11) is 0. The van der Waals surface area contributed by atoms with Crippen LogP contribution in [0.3, 0.4) is 0 Å². The van der Waals surface area contributed by atoms with Gasteiger partial charge in [0.2, 0.25) is 11.7 Å². The molecule has 5 nitrogen and oxygen atoms in total. The second kappa shape index (κ2) is 7.57. The maximum atomic E-state index is 13.2. The number of carbonyl (C=O) groups excluding carboxylic acids is 1. The minimum Gasteiger partial charge on any atom is -0.326 e. The first kappa shape index (κ1) is 16.1. The molecule has 6 heteroatoms. The van der Waals surface area contributed by atoms with Crippen LogP contribution in [0.15, 0.2) is 18.2 Å². The Labute approximate surface area is 117 Å². The van der Waals surface area contributed by atoms with Crippen LogP contribution in [0.5, 0.6) is 0 Å². The summed E-state index contributed by atoms with van der Waals surface area (Å²) in [6.45, 7) is 3.97. The van der Waals surface area contributed by atoms with Crippen LogP contribution in [0.4, 0.5) is 15.8 Å². The van der Waals surface area contributed by atoms with E-state index in [2.05, 4.69) is 5.32 Å². The summed E-state index contributed by atoms with van der Waals surface area (Å²) >= 11 is 0. The highest BCUT2D eigenvalue weighted by Crippen LogP contribution is 2.23. The molecule has 1 aromatic rings. The first-order chi connectivity index (χ1) is 9.49. The molecule has 0 aliphatic rings. The molecule has 0 aliphatic heterocycles. The Kier molecular flexibility index (Phi) is 6.09. The first-order valence-electron chi connectivity index (χ1n) is 6.74. The molecule has 0 heterocycles. The lowest BCUT2D eigenvalue weighted by molar-refractivity contribution is -0.387. The van der Waals surface area contributed by atoms with E-state index >= 15 is 0 Å². The Morgan fingerprint density at radius 3 is 2.70 bits per heavy atom. The molecule has 1 amide bonds. The SMILES string of the molecule is CCCC[C@@H](CC)C(=O)Nc1ccc(F)c([N+](=O)[O-])c1. The molecule has 110 valence electrons. The molecule has 0 fully saturated rings. The number of nitrogens with one attached hydrogen (secondary N) is 1. The molecule has 1 rings (SSSR count). The zero-order chi connectivity index (χ0) is 15.1. The summed E-state index contributed by atoms with van der Waals surface area (Å²) in [5.41, 5.74) is -0.387. The highest BCUT2D eigenvalue weighted by atomic mass is 19.1. The van der Waals surface area contributed by atoms with Crippen molar-refractivity contribution in [2.24, 2.45) is 5.92 Å². The van der Waals surface area contributed by atoms with Gasteiger partial charge in [0, 0.05) is 17.7 Å².